The van der Waals surface area contributed by atoms with E-state index < -0.39 is 6.10 Å². The Labute approximate surface area is 97.0 Å². The van der Waals surface area contributed by atoms with Crippen molar-refractivity contribution in [3.05, 3.63) is 0 Å². The van der Waals surface area contributed by atoms with Crippen LogP contribution in [0.15, 0.2) is 0 Å². The van der Waals surface area contributed by atoms with E-state index in [1.807, 2.05) is 0 Å². The first kappa shape index (κ1) is 13.4. The van der Waals surface area contributed by atoms with Crippen molar-refractivity contribution in [3.63, 3.8) is 0 Å². The van der Waals surface area contributed by atoms with E-state index in [0.29, 0.717) is 19.6 Å². The van der Waals surface area contributed by atoms with Crippen LogP contribution >= 0.6 is 0 Å². The van der Waals surface area contributed by atoms with Gasteiger partial charge in [0.2, 0.25) is 5.91 Å². The zero-order valence-electron chi connectivity index (χ0n) is 9.98. The Morgan fingerprint density at radius 2 is 2.19 bits per heavy atom. The van der Waals surface area contributed by atoms with Crippen molar-refractivity contribution >= 4 is 5.91 Å². The molecule has 0 saturated carbocycles. The molecule has 0 aromatic heterocycles. The van der Waals surface area contributed by atoms with Gasteiger partial charge in [0.05, 0.1) is 12.0 Å². The van der Waals surface area contributed by atoms with Gasteiger partial charge in [-0.1, -0.05) is 26.2 Å². The molecular formula is C11H23N3O2. The predicted molar refractivity (Wildman–Crippen MR) is 62.4 cm³/mol. The molecule has 16 heavy (non-hydrogen) atoms. The average molecular weight is 229 g/mol. The molecule has 0 aromatic carbocycles. The molecule has 0 bridgehead atoms. The molecule has 0 aliphatic carbocycles. The van der Waals surface area contributed by atoms with Crippen molar-refractivity contribution in [1.82, 2.24) is 10.3 Å². The van der Waals surface area contributed by atoms with E-state index in [0.717, 1.165) is 12.8 Å². The summed E-state index contributed by atoms with van der Waals surface area (Å²) in [6.45, 7) is 3.69. The fourth-order valence-electron chi connectivity index (χ4n) is 1.97. The SMILES string of the molecule is CCCCCCNC(=O)[C@@H]1CN(N)C[C@H]1O. The molecular weight excluding hydrogens is 206 g/mol. The van der Waals surface area contributed by atoms with Gasteiger partial charge in [0.25, 0.3) is 0 Å². The Morgan fingerprint density at radius 1 is 1.44 bits per heavy atom. The molecule has 1 fully saturated rings. The molecule has 0 spiro atoms. The van der Waals surface area contributed by atoms with E-state index in [1.54, 1.807) is 0 Å². The van der Waals surface area contributed by atoms with Crippen molar-refractivity contribution < 1.29 is 9.90 Å². The van der Waals surface area contributed by atoms with Gasteiger partial charge in [-0.2, -0.15) is 0 Å². The minimum atomic E-state index is -0.624. The van der Waals surface area contributed by atoms with Crippen LogP contribution in [0, 0.1) is 5.92 Å². The van der Waals surface area contributed by atoms with E-state index in [2.05, 4.69) is 12.2 Å². The summed E-state index contributed by atoms with van der Waals surface area (Å²) >= 11 is 0. The highest BCUT2D eigenvalue weighted by Gasteiger charge is 2.34. The minimum absolute atomic E-state index is 0.0723. The summed E-state index contributed by atoms with van der Waals surface area (Å²) in [6.07, 6.45) is 3.93. The number of aliphatic hydroxyl groups excluding tert-OH is 1. The molecule has 94 valence electrons. The quantitative estimate of drug-likeness (QED) is 0.437. The lowest BCUT2D eigenvalue weighted by molar-refractivity contribution is -0.126. The van der Waals surface area contributed by atoms with E-state index in [1.165, 1.54) is 17.9 Å². The molecule has 1 aliphatic heterocycles. The number of nitrogens with two attached hydrogens (primary N) is 1. The molecule has 0 radical (unpaired) electrons. The van der Waals surface area contributed by atoms with Crippen LogP contribution in [0.2, 0.25) is 0 Å². The highest BCUT2D eigenvalue weighted by molar-refractivity contribution is 5.79. The molecule has 1 amide bonds. The van der Waals surface area contributed by atoms with Crippen LogP contribution in [0.1, 0.15) is 32.6 Å². The number of carbonyl (C=O) groups excluding carboxylic acids is 1. The monoisotopic (exact) mass is 229 g/mol. The molecule has 5 heteroatoms. The number of hydrogen-bond donors (Lipinski definition) is 3. The molecule has 5 nitrogen and oxygen atoms in total. The van der Waals surface area contributed by atoms with Gasteiger partial charge in [0, 0.05) is 19.6 Å². The van der Waals surface area contributed by atoms with Crippen LogP contribution in [0.5, 0.6) is 0 Å². The normalized spacial score (nSPS) is 25.9. The highest BCUT2D eigenvalue weighted by Crippen LogP contribution is 2.13. The van der Waals surface area contributed by atoms with Gasteiger partial charge in [-0.05, 0) is 6.42 Å². The number of nitrogens with one attached hydrogen (secondary N) is 1. The lowest BCUT2D eigenvalue weighted by Gasteiger charge is -2.13. The van der Waals surface area contributed by atoms with Crippen LogP contribution in [-0.2, 0) is 4.79 Å². The third-order valence-corrected chi connectivity index (χ3v) is 2.98. The van der Waals surface area contributed by atoms with Crippen molar-refractivity contribution in [2.75, 3.05) is 19.6 Å². The summed E-state index contributed by atoms with van der Waals surface area (Å²) in [4.78, 5) is 11.7. The standard InChI is InChI=1S/C11H23N3O2/c1-2-3-4-5-6-13-11(16)9-7-14(12)8-10(9)15/h9-10,15H,2-8,12H2,1H3,(H,13,16)/t9-,10-/m1/s1. The van der Waals surface area contributed by atoms with E-state index in [4.69, 9.17) is 5.84 Å². The Kier molecular flexibility index (Phi) is 5.73. The second-order valence-electron chi connectivity index (χ2n) is 4.48. The van der Waals surface area contributed by atoms with Crippen LogP contribution in [-0.4, -0.2) is 41.8 Å². The third kappa shape index (κ3) is 4.08. The molecule has 1 heterocycles. The highest BCUT2D eigenvalue weighted by atomic mass is 16.3. The Hall–Kier alpha value is -0.650. The summed E-state index contributed by atoms with van der Waals surface area (Å²) in [5.74, 6) is 5.10. The van der Waals surface area contributed by atoms with E-state index in [9.17, 15) is 9.90 Å². The summed E-state index contributed by atoms with van der Waals surface area (Å²) in [5.41, 5.74) is 0. The number of nitrogens with zero attached hydrogens (tertiary/aromatic N) is 1. The maximum Gasteiger partial charge on any atom is 0.227 e. The predicted octanol–water partition coefficient (Wildman–Crippen LogP) is -0.151. The summed E-state index contributed by atoms with van der Waals surface area (Å²) in [7, 11) is 0. The van der Waals surface area contributed by atoms with Crippen molar-refractivity contribution in [3.8, 4) is 0 Å². The summed E-state index contributed by atoms with van der Waals surface area (Å²) in [6, 6.07) is 0. The molecule has 1 saturated heterocycles. The molecule has 4 N–H and O–H groups in total. The van der Waals surface area contributed by atoms with E-state index in [-0.39, 0.29) is 11.8 Å². The lowest BCUT2D eigenvalue weighted by Crippen LogP contribution is -2.37. The second-order valence-corrected chi connectivity index (χ2v) is 4.48. The van der Waals surface area contributed by atoms with Crippen molar-refractivity contribution in [2.45, 2.75) is 38.7 Å². The summed E-state index contributed by atoms with van der Waals surface area (Å²) < 4.78 is 0. The maximum atomic E-state index is 11.7. The number of carbonyl (C=O) groups is 1. The fraction of sp³-hybridized carbons (Fsp3) is 0.909. The molecule has 0 aromatic rings. The van der Waals surface area contributed by atoms with Gasteiger partial charge in [0.1, 0.15) is 0 Å². The fourth-order valence-corrected chi connectivity index (χ4v) is 1.97. The molecule has 0 unspecified atom stereocenters. The number of hydrazine groups is 1. The molecule has 2 atom stereocenters. The lowest BCUT2D eigenvalue weighted by atomic mass is 10.1. The topological polar surface area (TPSA) is 78.6 Å². The van der Waals surface area contributed by atoms with Crippen LogP contribution in [0.4, 0.5) is 0 Å². The van der Waals surface area contributed by atoms with Crippen molar-refractivity contribution in [1.29, 1.82) is 0 Å². The first-order chi connectivity index (χ1) is 7.65. The molecule has 1 rings (SSSR count). The van der Waals surface area contributed by atoms with Crippen LogP contribution in [0.25, 0.3) is 0 Å². The largest absolute Gasteiger partial charge is 0.391 e. The molecule has 1 aliphatic rings. The third-order valence-electron chi connectivity index (χ3n) is 2.98. The van der Waals surface area contributed by atoms with Crippen LogP contribution < -0.4 is 11.2 Å². The Balaban J connectivity index is 2.15. The van der Waals surface area contributed by atoms with Gasteiger partial charge in [-0.25, -0.2) is 5.01 Å². The first-order valence-corrected chi connectivity index (χ1v) is 6.10. The summed E-state index contributed by atoms with van der Waals surface area (Å²) in [5, 5.41) is 13.9. The van der Waals surface area contributed by atoms with Gasteiger partial charge in [-0.15, -0.1) is 0 Å². The average Bonchev–Trinajstić information content (AvgIpc) is 2.57. The van der Waals surface area contributed by atoms with Gasteiger partial charge < -0.3 is 10.4 Å². The number of hydrogen-bond acceptors (Lipinski definition) is 4. The van der Waals surface area contributed by atoms with Crippen molar-refractivity contribution in [2.24, 2.45) is 11.8 Å². The van der Waals surface area contributed by atoms with Crippen LogP contribution in [0.3, 0.4) is 0 Å². The number of aliphatic hydroxyl groups is 1. The number of amides is 1. The smallest absolute Gasteiger partial charge is 0.227 e. The number of β-amino-alcohol motifs (C(OH)–C–C–N with tert-alkyl or cyclic N) is 1. The maximum absolute atomic E-state index is 11.7. The Bertz CT molecular complexity index is 223. The van der Waals surface area contributed by atoms with Gasteiger partial charge in [0.15, 0.2) is 0 Å². The zero-order valence-corrected chi connectivity index (χ0v) is 9.98. The second kappa shape index (κ2) is 6.83. The number of unbranched alkanes of at least 4 members (excludes halogenated alkanes) is 3. The number of rotatable bonds is 6. The Morgan fingerprint density at radius 3 is 2.75 bits per heavy atom. The van der Waals surface area contributed by atoms with Gasteiger partial charge >= 0.3 is 0 Å². The zero-order chi connectivity index (χ0) is 12.0. The minimum Gasteiger partial charge on any atom is -0.391 e. The van der Waals surface area contributed by atoms with Gasteiger partial charge in [-0.3, -0.25) is 10.6 Å². The van der Waals surface area contributed by atoms with E-state index >= 15 is 0 Å². The first-order valence-electron chi connectivity index (χ1n) is 6.10.